The summed E-state index contributed by atoms with van der Waals surface area (Å²) in [5.74, 6) is 0. The van der Waals surface area contributed by atoms with Crippen molar-refractivity contribution in [3.63, 3.8) is 0 Å². The highest BCUT2D eigenvalue weighted by molar-refractivity contribution is 5.15. The van der Waals surface area contributed by atoms with Crippen LogP contribution in [0.15, 0.2) is 42.9 Å². The molecule has 0 aliphatic carbocycles. The Bertz CT molecular complexity index is 376. The Morgan fingerprint density at radius 1 is 1.23 bits per heavy atom. The first-order valence-corrected chi connectivity index (χ1v) is 4.16. The Morgan fingerprint density at radius 2 is 2.00 bits per heavy atom. The van der Waals surface area contributed by atoms with Crippen LogP contribution in [0.3, 0.4) is 0 Å². The van der Waals surface area contributed by atoms with Gasteiger partial charge in [0.15, 0.2) is 0 Å². The molecule has 0 saturated heterocycles. The molecule has 0 fully saturated rings. The van der Waals surface area contributed by atoms with Crippen molar-refractivity contribution in [1.29, 1.82) is 0 Å². The van der Waals surface area contributed by atoms with Gasteiger partial charge in [0, 0.05) is 19.7 Å². The van der Waals surface area contributed by atoms with E-state index in [9.17, 15) is 0 Å². The highest BCUT2D eigenvalue weighted by Crippen LogP contribution is 2.02. The van der Waals surface area contributed by atoms with E-state index >= 15 is 0 Å². The molecular weight excluding hydrogens is 160 g/mol. The molecule has 2 rings (SSSR count). The quantitative estimate of drug-likeness (QED) is 0.674. The summed E-state index contributed by atoms with van der Waals surface area (Å²) in [6.07, 6.45) is 3.56. The van der Waals surface area contributed by atoms with Crippen molar-refractivity contribution >= 4 is 0 Å². The number of benzene rings is 1. The normalized spacial score (nSPS) is 10.2. The zero-order valence-electron chi connectivity index (χ0n) is 7.22. The van der Waals surface area contributed by atoms with Crippen LogP contribution in [-0.4, -0.2) is 9.55 Å². The summed E-state index contributed by atoms with van der Waals surface area (Å²) < 4.78 is 1.96. The molecule has 0 aliphatic heterocycles. The number of imidazole rings is 1. The molecule has 0 saturated carbocycles. The van der Waals surface area contributed by atoms with Crippen molar-refractivity contribution in [2.75, 3.05) is 0 Å². The number of nitrogens with zero attached hydrogens (tertiary/aromatic N) is 2. The van der Waals surface area contributed by atoms with E-state index in [1.165, 1.54) is 5.56 Å². The lowest BCUT2D eigenvalue weighted by molar-refractivity contribution is 0.797. The summed E-state index contributed by atoms with van der Waals surface area (Å²) >= 11 is 0. The maximum absolute atomic E-state index is 5.50. The van der Waals surface area contributed by atoms with E-state index in [2.05, 4.69) is 17.1 Å². The van der Waals surface area contributed by atoms with E-state index in [4.69, 9.17) is 6.92 Å². The highest BCUT2D eigenvalue weighted by Gasteiger charge is 1.94. The lowest BCUT2D eigenvalue weighted by Gasteiger charge is -2.00. The van der Waals surface area contributed by atoms with Crippen LogP contribution in [0.25, 0.3) is 0 Å². The SMILES string of the molecule is [CH]c1cn(Cc2ccccc2)cn1. The summed E-state index contributed by atoms with van der Waals surface area (Å²) in [6, 6.07) is 10.2. The van der Waals surface area contributed by atoms with Crippen LogP contribution >= 0.6 is 0 Å². The fraction of sp³-hybridized carbons (Fsp3) is 0.0909. The van der Waals surface area contributed by atoms with Crippen LogP contribution in [0.5, 0.6) is 0 Å². The minimum atomic E-state index is 0.566. The first-order valence-electron chi connectivity index (χ1n) is 4.16. The summed E-state index contributed by atoms with van der Waals surface area (Å²) in [5.41, 5.74) is 1.82. The Morgan fingerprint density at radius 3 is 2.62 bits per heavy atom. The molecule has 1 heterocycles. The Hall–Kier alpha value is -1.57. The summed E-state index contributed by atoms with van der Waals surface area (Å²) in [6.45, 7) is 6.32. The summed E-state index contributed by atoms with van der Waals surface area (Å²) in [7, 11) is 0. The van der Waals surface area contributed by atoms with Gasteiger partial charge in [0.1, 0.15) is 0 Å². The predicted molar refractivity (Wildman–Crippen MR) is 51.2 cm³/mol. The molecule has 0 unspecified atom stereocenters. The molecule has 0 amide bonds. The van der Waals surface area contributed by atoms with Crippen molar-refractivity contribution < 1.29 is 0 Å². The van der Waals surface area contributed by atoms with Gasteiger partial charge in [0.2, 0.25) is 0 Å². The van der Waals surface area contributed by atoms with Gasteiger partial charge in [0.25, 0.3) is 0 Å². The fourth-order valence-corrected chi connectivity index (χ4v) is 1.26. The zero-order valence-corrected chi connectivity index (χ0v) is 7.22. The average Bonchev–Trinajstić information content (AvgIpc) is 2.53. The van der Waals surface area contributed by atoms with E-state index in [1.807, 2.05) is 29.0 Å². The fourth-order valence-electron chi connectivity index (χ4n) is 1.26. The van der Waals surface area contributed by atoms with Gasteiger partial charge in [-0.05, 0) is 5.56 Å². The van der Waals surface area contributed by atoms with Gasteiger partial charge in [-0.25, -0.2) is 4.98 Å². The molecule has 1 aromatic heterocycles. The van der Waals surface area contributed by atoms with Gasteiger partial charge in [-0.15, -0.1) is 0 Å². The van der Waals surface area contributed by atoms with E-state index in [-0.39, 0.29) is 0 Å². The molecule has 0 N–H and O–H groups in total. The predicted octanol–water partition coefficient (Wildman–Crippen LogP) is 1.99. The number of hydrogen-bond donors (Lipinski definition) is 0. The van der Waals surface area contributed by atoms with Crippen molar-refractivity contribution in [1.82, 2.24) is 9.55 Å². The van der Waals surface area contributed by atoms with Gasteiger partial charge in [-0.1, -0.05) is 30.3 Å². The topological polar surface area (TPSA) is 17.8 Å². The third-order valence-electron chi connectivity index (χ3n) is 1.86. The Kier molecular flexibility index (Phi) is 2.13. The van der Waals surface area contributed by atoms with Crippen molar-refractivity contribution in [2.45, 2.75) is 6.54 Å². The zero-order chi connectivity index (χ0) is 9.10. The molecule has 0 spiro atoms. The molecule has 64 valence electrons. The summed E-state index contributed by atoms with van der Waals surface area (Å²) in [4.78, 5) is 3.95. The van der Waals surface area contributed by atoms with Crippen LogP contribution in [0.1, 0.15) is 11.3 Å². The molecule has 0 bridgehead atoms. The van der Waals surface area contributed by atoms with Gasteiger partial charge in [-0.3, -0.25) is 0 Å². The largest absolute Gasteiger partial charge is 0.333 e. The van der Waals surface area contributed by atoms with Crippen molar-refractivity contribution in [2.24, 2.45) is 0 Å². The molecule has 1 aromatic carbocycles. The second-order valence-corrected chi connectivity index (χ2v) is 2.96. The van der Waals surface area contributed by atoms with Crippen LogP contribution in [0.2, 0.25) is 0 Å². The molecule has 2 heteroatoms. The first kappa shape index (κ1) is 8.05. The highest BCUT2D eigenvalue weighted by atomic mass is 15.0. The molecule has 2 nitrogen and oxygen atoms in total. The average molecular weight is 170 g/mol. The molecular formula is C11H10N2. The van der Waals surface area contributed by atoms with Gasteiger partial charge in [0.05, 0.1) is 12.0 Å². The second-order valence-electron chi connectivity index (χ2n) is 2.96. The minimum absolute atomic E-state index is 0.566. The third kappa shape index (κ3) is 1.96. The maximum atomic E-state index is 5.50. The molecule has 2 radical (unpaired) electrons. The molecule has 13 heavy (non-hydrogen) atoms. The monoisotopic (exact) mass is 170 g/mol. The van der Waals surface area contributed by atoms with Crippen LogP contribution in [0, 0.1) is 6.92 Å². The van der Waals surface area contributed by atoms with E-state index < -0.39 is 0 Å². The summed E-state index contributed by atoms with van der Waals surface area (Å²) in [5, 5.41) is 0. The van der Waals surface area contributed by atoms with Crippen molar-refractivity contribution in [3.05, 3.63) is 61.0 Å². The Balaban J connectivity index is 2.15. The van der Waals surface area contributed by atoms with Crippen LogP contribution < -0.4 is 0 Å². The molecule has 2 aromatic rings. The van der Waals surface area contributed by atoms with Crippen LogP contribution in [0.4, 0.5) is 0 Å². The van der Waals surface area contributed by atoms with Crippen molar-refractivity contribution in [3.8, 4) is 0 Å². The lowest BCUT2D eigenvalue weighted by Crippen LogP contribution is -1.95. The lowest BCUT2D eigenvalue weighted by atomic mass is 10.2. The molecule has 0 atom stereocenters. The van der Waals surface area contributed by atoms with Crippen LogP contribution in [-0.2, 0) is 6.54 Å². The first-order chi connectivity index (χ1) is 6.34. The van der Waals surface area contributed by atoms with Gasteiger partial charge < -0.3 is 4.57 Å². The smallest absolute Gasteiger partial charge is 0.0952 e. The minimum Gasteiger partial charge on any atom is -0.333 e. The van der Waals surface area contributed by atoms with Gasteiger partial charge >= 0.3 is 0 Å². The van der Waals surface area contributed by atoms with E-state index in [0.717, 1.165) is 6.54 Å². The Labute approximate surface area is 77.9 Å². The number of aromatic nitrogens is 2. The standard InChI is InChI=1S/C11H10N2/c1-10-7-13(9-12-10)8-11-5-3-2-4-6-11/h1-7,9H,8H2. The van der Waals surface area contributed by atoms with E-state index in [0.29, 0.717) is 5.69 Å². The maximum Gasteiger partial charge on any atom is 0.0952 e. The molecule has 0 aliphatic rings. The van der Waals surface area contributed by atoms with Gasteiger partial charge in [-0.2, -0.15) is 0 Å². The third-order valence-corrected chi connectivity index (χ3v) is 1.86. The second kappa shape index (κ2) is 3.44. The number of hydrogen-bond acceptors (Lipinski definition) is 1. The van der Waals surface area contributed by atoms with E-state index in [1.54, 1.807) is 6.33 Å². The number of rotatable bonds is 2.